The van der Waals surface area contributed by atoms with E-state index in [2.05, 4.69) is 53.4 Å². The van der Waals surface area contributed by atoms with Gasteiger partial charge in [-0.05, 0) is 17.0 Å². The number of aromatic nitrogens is 2. The number of anilines is 2. The zero-order valence-corrected chi connectivity index (χ0v) is 10.7. The van der Waals surface area contributed by atoms with Gasteiger partial charge >= 0.3 is 0 Å². The third kappa shape index (κ3) is 3.20. The average molecular weight is 242 g/mol. The van der Waals surface area contributed by atoms with Gasteiger partial charge in [-0.15, -0.1) is 0 Å². The van der Waals surface area contributed by atoms with Crippen LogP contribution < -0.4 is 11.1 Å². The lowest BCUT2D eigenvalue weighted by atomic mass is 10.0. The Morgan fingerprint density at radius 2 is 1.83 bits per heavy atom. The van der Waals surface area contributed by atoms with Crippen LogP contribution in [0.5, 0.6) is 0 Å². The largest absolute Gasteiger partial charge is 0.382 e. The molecule has 0 saturated carbocycles. The number of benzene rings is 1. The Morgan fingerprint density at radius 3 is 2.39 bits per heavy atom. The van der Waals surface area contributed by atoms with E-state index < -0.39 is 0 Å². The molecule has 4 nitrogen and oxygen atoms in total. The Kier molecular flexibility index (Phi) is 3.77. The molecule has 0 aliphatic heterocycles. The van der Waals surface area contributed by atoms with Crippen LogP contribution in [-0.4, -0.2) is 9.97 Å². The zero-order chi connectivity index (χ0) is 13.0. The van der Waals surface area contributed by atoms with E-state index in [4.69, 9.17) is 5.73 Å². The van der Waals surface area contributed by atoms with Gasteiger partial charge in [-0.2, -0.15) is 0 Å². The lowest BCUT2D eigenvalue weighted by Crippen LogP contribution is -2.03. The molecule has 0 aliphatic rings. The molecule has 0 bridgehead atoms. The molecule has 3 N–H and O–H groups in total. The first-order valence-corrected chi connectivity index (χ1v) is 6.05. The van der Waals surface area contributed by atoms with Crippen molar-refractivity contribution in [3.8, 4) is 0 Å². The molecule has 94 valence electrons. The molecule has 2 aromatic rings. The summed E-state index contributed by atoms with van der Waals surface area (Å²) >= 11 is 0. The van der Waals surface area contributed by atoms with E-state index in [1.807, 2.05) is 0 Å². The van der Waals surface area contributed by atoms with Gasteiger partial charge in [0.05, 0.1) is 12.4 Å². The van der Waals surface area contributed by atoms with E-state index in [0.717, 1.165) is 12.4 Å². The summed E-state index contributed by atoms with van der Waals surface area (Å²) in [5.41, 5.74) is 8.05. The van der Waals surface area contributed by atoms with Crippen molar-refractivity contribution in [3.05, 3.63) is 47.8 Å². The van der Waals surface area contributed by atoms with E-state index in [9.17, 15) is 0 Å². The van der Waals surface area contributed by atoms with E-state index in [0.29, 0.717) is 11.7 Å². The standard InChI is InChI=1S/C14H18N4/c1-10(2)12-5-3-11(4-6-12)7-17-14-9-16-13(15)8-18-14/h3-6,8-10H,7H2,1-2H3,(H2,15,16)(H,17,18). The summed E-state index contributed by atoms with van der Waals surface area (Å²) in [4.78, 5) is 8.12. The predicted octanol–water partition coefficient (Wildman–Crippen LogP) is 2.79. The molecule has 0 fully saturated rings. The predicted molar refractivity (Wildman–Crippen MR) is 74.3 cm³/mol. The number of nitrogens with zero attached hydrogens (tertiary/aromatic N) is 2. The Balaban J connectivity index is 1.95. The van der Waals surface area contributed by atoms with E-state index in [1.54, 1.807) is 12.4 Å². The lowest BCUT2D eigenvalue weighted by molar-refractivity contribution is 0.865. The number of nitrogen functional groups attached to an aromatic ring is 1. The molecule has 1 aromatic carbocycles. The molecule has 0 aliphatic carbocycles. The molecule has 0 amide bonds. The first-order valence-electron chi connectivity index (χ1n) is 6.05. The monoisotopic (exact) mass is 242 g/mol. The normalized spacial score (nSPS) is 10.6. The summed E-state index contributed by atoms with van der Waals surface area (Å²) in [6, 6.07) is 8.59. The van der Waals surface area contributed by atoms with Gasteiger partial charge in [-0.1, -0.05) is 38.1 Å². The molecular weight excluding hydrogens is 224 g/mol. The first-order chi connectivity index (χ1) is 8.65. The summed E-state index contributed by atoms with van der Waals surface area (Å²) in [7, 11) is 0. The van der Waals surface area contributed by atoms with Crippen LogP contribution >= 0.6 is 0 Å². The molecule has 1 aromatic heterocycles. The van der Waals surface area contributed by atoms with Crippen LogP contribution in [0, 0.1) is 0 Å². The minimum absolute atomic E-state index is 0.432. The maximum absolute atomic E-state index is 5.48. The third-order valence-electron chi connectivity index (χ3n) is 2.79. The van der Waals surface area contributed by atoms with Crippen LogP contribution in [0.2, 0.25) is 0 Å². The molecule has 1 heterocycles. The summed E-state index contributed by atoms with van der Waals surface area (Å²) < 4.78 is 0. The van der Waals surface area contributed by atoms with Gasteiger partial charge < -0.3 is 11.1 Å². The van der Waals surface area contributed by atoms with Crippen molar-refractivity contribution in [1.29, 1.82) is 0 Å². The summed E-state index contributed by atoms with van der Waals surface area (Å²) in [6.45, 7) is 5.12. The van der Waals surface area contributed by atoms with Crippen molar-refractivity contribution in [2.45, 2.75) is 26.3 Å². The van der Waals surface area contributed by atoms with Gasteiger partial charge in [0.15, 0.2) is 0 Å². The molecule has 4 heteroatoms. The fraction of sp³-hybridized carbons (Fsp3) is 0.286. The smallest absolute Gasteiger partial charge is 0.144 e. The van der Waals surface area contributed by atoms with E-state index >= 15 is 0 Å². The Labute approximate surface area is 107 Å². The van der Waals surface area contributed by atoms with Gasteiger partial charge in [0.25, 0.3) is 0 Å². The van der Waals surface area contributed by atoms with Crippen LogP contribution in [0.4, 0.5) is 11.6 Å². The Hall–Kier alpha value is -2.10. The van der Waals surface area contributed by atoms with Crippen molar-refractivity contribution < 1.29 is 0 Å². The van der Waals surface area contributed by atoms with E-state index in [-0.39, 0.29) is 0 Å². The number of nitrogens with two attached hydrogens (primary N) is 1. The Bertz CT molecular complexity index is 488. The molecule has 18 heavy (non-hydrogen) atoms. The average Bonchev–Trinajstić information content (AvgIpc) is 2.38. The van der Waals surface area contributed by atoms with Crippen molar-refractivity contribution in [2.75, 3.05) is 11.1 Å². The minimum Gasteiger partial charge on any atom is -0.382 e. The highest BCUT2D eigenvalue weighted by Crippen LogP contribution is 2.15. The second kappa shape index (κ2) is 5.49. The van der Waals surface area contributed by atoms with Gasteiger partial charge in [-0.25, -0.2) is 9.97 Å². The van der Waals surface area contributed by atoms with Gasteiger partial charge in [0, 0.05) is 6.54 Å². The maximum atomic E-state index is 5.48. The first kappa shape index (κ1) is 12.4. The van der Waals surface area contributed by atoms with Crippen LogP contribution in [-0.2, 0) is 6.54 Å². The minimum atomic E-state index is 0.432. The Morgan fingerprint density at radius 1 is 1.11 bits per heavy atom. The fourth-order valence-electron chi connectivity index (χ4n) is 1.64. The highest BCUT2D eigenvalue weighted by atomic mass is 15.0. The number of nitrogens with one attached hydrogen (secondary N) is 1. The van der Waals surface area contributed by atoms with Crippen molar-refractivity contribution in [2.24, 2.45) is 0 Å². The topological polar surface area (TPSA) is 63.8 Å². The molecule has 0 unspecified atom stereocenters. The van der Waals surface area contributed by atoms with Gasteiger partial charge in [-0.3, -0.25) is 0 Å². The van der Waals surface area contributed by atoms with E-state index in [1.165, 1.54) is 11.1 Å². The highest BCUT2D eigenvalue weighted by Gasteiger charge is 1.99. The molecule has 0 radical (unpaired) electrons. The molecule has 0 spiro atoms. The quantitative estimate of drug-likeness (QED) is 0.865. The zero-order valence-electron chi connectivity index (χ0n) is 10.7. The number of rotatable bonds is 4. The van der Waals surface area contributed by atoms with Crippen LogP contribution in [0.3, 0.4) is 0 Å². The van der Waals surface area contributed by atoms with Crippen molar-refractivity contribution >= 4 is 11.6 Å². The van der Waals surface area contributed by atoms with Crippen molar-refractivity contribution in [3.63, 3.8) is 0 Å². The van der Waals surface area contributed by atoms with Crippen LogP contribution in [0.1, 0.15) is 30.9 Å². The van der Waals surface area contributed by atoms with Crippen LogP contribution in [0.15, 0.2) is 36.7 Å². The third-order valence-corrected chi connectivity index (χ3v) is 2.79. The lowest BCUT2D eigenvalue weighted by Gasteiger charge is -2.08. The second-order valence-electron chi connectivity index (χ2n) is 4.58. The SMILES string of the molecule is CC(C)c1ccc(CNc2cnc(N)cn2)cc1. The fourth-order valence-corrected chi connectivity index (χ4v) is 1.64. The van der Waals surface area contributed by atoms with Gasteiger partial charge in [0.1, 0.15) is 11.6 Å². The summed E-state index contributed by atoms with van der Waals surface area (Å²) in [5, 5.41) is 3.21. The van der Waals surface area contributed by atoms with Crippen LogP contribution in [0.25, 0.3) is 0 Å². The van der Waals surface area contributed by atoms with Gasteiger partial charge in [0.2, 0.25) is 0 Å². The molecular formula is C14H18N4. The second-order valence-corrected chi connectivity index (χ2v) is 4.58. The molecule has 0 saturated heterocycles. The number of hydrogen-bond donors (Lipinski definition) is 2. The highest BCUT2D eigenvalue weighted by molar-refractivity contribution is 5.37. The number of hydrogen-bond acceptors (Lipinski definition) is 4. The maximum Gasteiger partial charge on any atom is 0.144 e. The summed E-state index contributed by atoms with van der Waals surface area (Å²) in [6.07, 6.45) is 3.18. The van der Waals surface area contributed by atoms with Crippen molar-refractivity contribution in [1.82, 2.24) is 9.97 Å². The molecule has 0 atom stereocenters. The summed E-state index contributed by atoms with van der Waals surface area (Å²) in [5.74, 6) is 1.73. The molecule has 2 rings (SSSR count).